The van der Waals surface area contributed by atoms with E-state index in [4.69, 9.17) is 5.73 Å². The average molecular weight is 230 g/mol. The van der Waals surface area contributed by atoms with Crippen LogP contribution in [0.25, 0.3) is 10.9 Å². The Morgan fingerprint density at radius 2 is 2.00 bits per heavy atom. The molecule has 0 bridgehead atoms. The molecule has 0 aliphatic heterocycles. The predicted octanol–water partition coefficient (Wildman–Crippen LogP) is 3.17. The molecule has 1 aromatic carbocycles. The standard InChI is InChI=1S/C15H22N2/c1-5-17-12(4)13(9-11(3)16)14-8-10(2)6-7-15(14)17/h6-8,11H,5,9,16H2,1-4H3. The lowest BCUT2D eigenvalue weighted by Crippen LogP contribution is -2.18. The fourth-order valence-corrected chi connectivity index (χ4v) is 2.65. The topological polar surface area (TPSA) is 30.9 Å². The zero-order valence-corrected chi connectivity index (χ0v) is 11.2. The first-order valence-corrected chi connectivity index (χ1v) is 6.38. The zero-order chi connectivity index (χ0) is 12.6. The maximum atomic E-state index is 5.96. The van der Waals surface area contributed by atoms with Crippen LogP contribution in [0.2, 0.25) is 0 Å². The third-order valence-corrected chi connectivity index (χ3v) is 3.45. The van der Waals surface area contributed by atoms with E-state index < -0.39 is 0 Å². The number of nitrogens with zero attached hydrogens (tertiary/aromatic N) is 1. The molecule has 1 unspecified atom stereocenters. The van der Waals surface area contributed by atoms with Gasteiger partial charge in [-0.15, -0.1) is 0 Å². The molecule has 1 heterocycles. The van der Waals surface area contributed by atoms with Crippen LogP contribution in [-0.2, 0) is 13.0 Å². The van der Waals surface area contributed by atoms with Crippen molar-refractivity contribution in [1.29, 1.82) is 0 Å². The van der Waals surface area contributed by atoms with Gasteiger partial charge in [0.05, 0.1) is 0 Å². The van der Waals surface area contributed by atoms with E-state index in [1.165, 1.54) is 27.7 Å². The molecule has 0 saturated carbocycles. The summed E-state index contributed by atoms with van der Waals surface area (Å²) in [5, 5.41) is 1.38. The Kier molecular flexibility index (Phi) is 3.25. The summed E-state index contributed by atoms with van der Waals surface area (Å²) in [5.74, 6) is 0. The second-order valence-electron chi connectivity index (χ2n) is 5.01. The molecule has 1 aromatic heterocycles. The van der Waals surface area contributed by atoms with Crippen molar-refractivity contribution >= 4 is 10.9 Å². The molecule has 0 fully saturated rings. The molecule has 17 heavy (non-hydrogen) atoms. The van der Waals surface area contributed by atoms with Crippen LogP contribution in [0.5, 0.6) is 0 Å². The molecule has 0 saturated heterocycles. The zero-order valence-electron chi connectivity index (χ0n) is 11.2. The summed E-state index contributed by atoms with van der Waals surface area (Å²) in [6.45, 7) is 9.64. The average Bonchev–Trinajstić information content (AvgIpc) is 2.51. The van der Waals surface area contributed by atoms with Gasteiger partial charge in [-0.2, -0.15) is 0 Å². The van der Waals surface area contributed by atoms with Crippen LogP contribution in [0.15, 0.2) is 18.2 Å². The van der Waals surface area contributed by atoms with Crippen LogP contribution < -0.4 is 5.73 Å². The third-order valence-electron chi connectivity index (χ3n) is 3.45. The number of aromatic nitrogens is 1. The first kappa shape index (κ1) is 12.2. The summed E-state index contributed by atoms with van der Waals surface area (Å²) >= 11 is 0. The summed E-state index contributed by atoms with van der Waals surface area (Å²) < 4.78 is 2.38. The van der Waals surface area contributed by atoms with Gasteiger partial charge in [-0.25, -0.2) is 0 Å². The molecule has 0 spiro atoms. The summed E-state index contributed by atoms with van der Waals surface area (Å²) in [7, 11) is 0. The van der Waals surface area contributed by atoms with Crippen LogP contribution >= 0.6 is 0 Å². The molecule has 0 aliphatic carbocycles. The van der Waals surface area contributed by atoms with Gasteiger partial charge in [-0.3, -0.25) is 0 Å². The number of rotatable bonds is 3. The normalized spacial score (nSPS) is 13.2. The highest BCUT2D eigenvalue weighted by atomic mass is 15.0. The number of hydrogen-bond donors (Lipinski definition) is 1. The van der Waals surface area contributed by atoms with Gasteiger partial charge in [0.1, 0.15) is 0 Å². The minimum atomic E-state index is 0.213. The molecule has 1 atom stereocenters. The molecule has 0 amide bonds. The Bertz CT molecular complexity index is 535. The lowest BCUT2D eigenvalue weighted by atomic mass is 10.0. The van der Waals surface area contributed by atoms with Gasteiger partial charge in [0, 0.05) is 29.2 Å². The molecule has 2 rings (SSSR count). The first-order chi connectivity index (χ1) is 8.04. The molecular weight excluding hydrogens is 208 g/mol. The Balaban J connectivity index is 2.71. The number of hydrogen-bond acceptors (Lipinski definition) is 1. The maximum Gasteiger partial charge on any atom is 0.0485 e. The van der Waals surface area contributed by atoms with Crippen LogP contribution in [-0.4, -0.2) is 10.6 Å². The quantitative estimate of drug-likeness (QED) is 0.862. The number of nitrogens with two attached hydrogens (primary N) is 1. The fourth-order valence-electron chi connectivity index (χ4n) is 2.65. The number of fused-ring (bicyclic) bond motifs is 1. The van der Waals surface area contributed by atoms with Crippen LogP contribution in [0.4, 0.5) is 0 Å². The van der Waals surface area contributed by atoms with Crippen molar-refractivity contribution in [3.63, 3.8) is 0 Å². The second kappa shape index (κ2) is 4.53. The SMILES string of the molecule is CCn1c(C)c(CC(C)N)c2cc(C)ccc21. The largest absolute Gasteiger partial charge is 0.345 e. The van der Waals surface area contributed by atoms with Crippen molar-refractivity contribution in [3.05, 3.63) is 35.0 Å². The van der Waals surface area contributed by atoms with Crippen molar-refractivity contribution in [1.82, 2.24) is 4.57 Å². The minimum absolute atomic E-state index is 0.213. The van der Waals surface area contributed by atoms with Crippen molar-refractivity contribution in [3.8, 4) is 0 Å². The molecule has 2 aromatic rings. The van der Waals surface area contributed by atoms with E-state index in [1.54, 1.807) is 0 Å². The van der Waals surface area contributed by atoms with E-state index in [-0.39, 0.29) is 6.04 Å². The summed E-state index contributed by atoms with van der Waals surface area (Å²) in [5.41, 5.74) is 11.4. The second-order valence-corrected chi connectivity index (χ2v) is 5.01. The molecule has 0 radical (unpaired) electrons. The molecule has 2 nitrogen and oxygen atoms in total. The lowest BCUT2D eigenvalue weighted by Gasteiger charge is -2.07. The first-order valence-electron chi connectivity index (χ1n) is 6.38. The maximum absolute atomic E-state index is 5.96. The highest BCUT2D eigenvalue weighted by molar-refractivity contribution is 5.86. The van der Waals surface area contributed by atoms with Crippen LogP contribution in [0.1, 0.15) is 30.7 Å². The summed E-state index contributed by atoms with van der Waals surface area (Å²) in [6, 6.07) is 6.91. The molecule has 2 heteroatoms. The van der Waals surface area contributed by atoms with Gasteiger partial charge in [-0.05, 0) is 51.8 Å². The van der Waals surface area contributed by atoms with Crippen molar-refractivity contribution < 1.29 is 0 Å². The molecular formula is C15H22N2. The third kappa shape index (κ3) is 2.09. The Morgan fingerprint density at radius 1 is 1.29 bits per heavy atom. The van der Waals surface area contributed by atoms with Crippen molar-refractivity contribution in [2.24, 2.45) is 5.73 Å². The van der Waals surface area contributed by atoms with Crippen molar-refractivity contribution in [2.45, 2.75) is 46.7 Å². The summed E-state index contributed by atoms with van der Waals surface area (Å²) in [4.78, 5) is 0. The lowest BCUT2D eigenvalue weighted by molar-refractivity contribution is 0.717. The van der Waals surface area contributed by atoms with Gasteiger partial charge < -0.3 is 10.3 Å². The van der Waals surface area contributed by atoms with Gasteiger partial charge in [0.2, 0.25) is 0 Å². The Morgan fingerprint density at radius 3 is 2.59 bits per heavy atom. The van der Waals surface area contributed by atoms with Gasteiger partial charge in [0.25, 0.3) is 0 Å². The highest BCUT2D eigenvalue weighted by Crippen LogP contribution is 2.27. The van der Waals surface area contributed by atoms with E-state index >= 15 is 0 Å². The van der Waals surface area contributed by atoms with E-state index in [0.29, 0.717) is 0 Å². The molecule has 92 valence electrons. The molecule has 2 N–H and O–H groups in total. The van der Waals surface area contributed by atoms with E-state index in [2.05, 4.69) is 50.5 Å². The Hall–Kier alpha value is -1.28. The molecule has 0 aliphatic rings. The van der Waals surface area contributed by atoms with Gasteiger partial charge in [0.15, 0.2) is 0 Å². The Labute approximate surface area is 103 Å². The monoisotopic (exact) mass is 230 g/mol. The van der Waals surface area contributed by atoms with E-state index in [0.717, 1.165) is 13.0 Å². The van der Waals surface area contributed by atoms with E-state index in [9.17, 15) is 0 Å². The van der Waals surface area contributed by atoms with Crippen LogP contribution in [0, 0.1) is 13.8 Å². The smallest absolute Gasteiger partial charge is 0.0485 e. The predicted molar refractivity (Wildman–Crippen MR) is 74.4 cm³/mol. The summed E-state index contributed by atoms with van der Waals surface area (Å²) in [6.07, 6.45) is 0.957. The van der Waals surface area contributed by atoms with Crippen molar-refractivity contribution in [2.75, 3.05) is 0 Å². The number of aryl methyl sites for hydroxylation is 2. The van der Waals surface area contributed by atoms with Gasteiger partial charge >= 0.3 is 0 Å². The highest BCUT2D eigenvalue weighted by Gasteiger charge is 2.14. The van der Waals surface area contributed by atoms with Gasteiger partial charge in [-0.1, -0.05) is 11.6 Å². The minimum Gasteiger partial charge on any atom is -0.345 e. The fraction of sp³-hybridized carbons (Fsp3) is 0.467. The number of benzene rings is 1. The van der Waals surface area contributed by atoms with Crippen LogP contribution in [0.3, 0.4) is 0 Å². The van der Waals surface area contributed by atoms with E-state index in [1.807, 2.05) is 0 Å².